The number of nitrogens with zero attached hydrogens (tertiary/aromatic N) is 1. The molecular formula is C22H17NO6. The van der Waals surface area contributed by atoms with Gasteiger partial charge in [0.05, 0.1) is 17.1 Å². The second kappa shape index (κ2) is 6.86. The molecule has 3 aromatic carbocycles. The molecule has 3 aromatic rings. The summed E-state index contributed by atoms with van der Waals surface area (Å²) >= 11 is 0. The van der Waals surface area contributed by atoms with Crippen molar-refractivity contribution in [3.63, 3.8) is 0 Å². The van der Waals surface area contributed by atoms with Crippen molar-refractivity contribution in [1.29, 1.82) is 0 Å². The third-order valence-corrected chi connectivity index (χ3v) is 5.44. The number of carbonyl (C=O) groups is 1. The van der Waals surface area contributed by atoms with Crippen LogP contribution >= 0.6 is 0 Å². The van der Waals surface area contributed by atoms with Gasteiger partial charge < -0.3 is 14.2 Å². The van der Waals surface area contributed by atoms with Gasteiger partial charge in [-0.1, -0.05) is 24.3 Å². The standard InChI is InChI=1S/C22H17NO6/c24-22(19-7-6-14-5-4-13-2-1-3-18(19)20(13)14)28-11-16-9-17(23(25)26)8-15-10-27-12-29-21(15)16/h1-3,6-9H,4-5,10-12H2. The van der Waals surface area contributed by atoms with Crippen molar-refractivity contribution in [2.24, 2.45) is 0 Å². The number of ether oxygens (including phenoxy) is 3. The van der Waals surface area contributed by atoms with E-state index in [1.54, 1.807) is 6.07 Å². The number of nitro benzene ring substituents is 1. The lowest BCUT2D eigenvalue weighted by Crippen LogP contribution is -2.15. The summed E-state index contributed by atoms with van der Waals surface area (Å²) in [7, 11) is 0. The zero-order valence-electron chi connectivity index (χ0n) is 15.5. The van der Waals surface area contributed by atoms with Gasteiger partial charge in [-0.2, -0.15) is 0 Å². The highest BCUT2D eigenvalue weighted by molar-refractivity contribution is 6.07. The second-order valence-electron chi connectivity index (χ2n) is 7.15. The number of esters is 1. The molecule has 0 saturated heterocycles. The first-order valence-corrected chi connectivity index (χ1v) is 9.33. The van der Waals surface area contributed by atoms with Crippen LogP contribution in [0.5, 0.6) is 5.75 Å². The lowest BCUT2D eigenvalue weighted by atomic mass is 10.00. The molecule has 1 aliphatic carbocycles. The minimum atomic E-state index is -0.483. The van der Waals surface area contributed by atoms with Gasteiger partial charge in [-0.25, -0.2) is 4.79 Å². The van der Waals surface area contributed by atoms with Gasteiger partial charge >= 0.3 is 5.97 Å². The summed E-state index contributed by atoms with van der Waals surface area (Å²) in [5.74, 6) is 0.0166. The third kappa shape index (κ3) is 3.00. The molecule has 0 N–H and O–H groups in total. The van der Waals surface area contributed by atoms with Gasteiger partial charge in [0.2, 0.25) is 0 Å². The zero-order valence-corrected chi connectivity index (χ0v) is 15.5. The number of benzene rings is 3. The number of hydrogen-bond acceptors (Lipinski definition) is 6. The number of carbonyl (C=O) groups excluding carboxylic acids is 1. The molecule has 0 atom stereocenters. The van der Waals surface area contributed by atoms with E-state index in [0.717, 1.165) is 23.6 Å². The monoisotopic (exact) mass is 391 g/mol. The normalized spacial score (nSPS) is 14.3. The van der Waals surface area contributed by atoms with Crippen LogP contribution in [0.4, 0.5) is 5.69 Å². The smallest absolute Gasteiger partial charge is 0.339 e. The molecule has 0 fully saturated rings. The largest absolute Gasteiger partial charge is 0.467 e. The van der Waals surface area contributed by atoms with Crippen molar-refractivity contribution in [2.75, 3.05) is 6.79 Å². The Morgan fingerprint density at radius 2 is 1.93 bits per heavy atom. The number of aryl methyl sites for hydroxylation is 2. The molecule has 0 bridgehead atoms. The van der Waals surface area contributed by atoms with Crippen LogP contribution in [0.2, 0.25) is 0 Å². The van der Waals surface area contributed by atoms with Crippen molar-refractivity contribution >= 4 is 22.4 Å². The van der Waals surface area contributed by atoms with Crippen LogP contribution in [0.1, 0.15) is 32.6 Å². The van der Waals surface area contributed by atoms with Crippen LogP contribution < -0.4 is 4.74 Å². The number of rotatable bonds is 4. The summed E-state index contributed by atoms with van der Waals surface area (Å²) in [6.07, 6.45) is 1.95. The van der Waals surface area contributed by atoms with Crippen molar-refractivity contribution in [3.05, 3.63) is 80.4 Å². The maximum Gasteiger partial charge on any atom is 0.339 e. The van der Waals surface area contributed by atoms with Gasteiger partial charge in [0.25, 0.3) is 5.69 Å². The highest BCUT2D eigenvalue weighted by atomic mass is 16.7. The minimum absolute atomic E-state index is 0.0562. The van der Waals surface area contributed by atoms with Crippen molar-refractivity contribution < 1.29 is 23.9 Å². The lowest BCUT2D eigenvalue weighted by molar-refractivity contribution is -0.385. The van der Waals surface area contributed by atoms with Crippen LogP contribution in [0.25, 0.3) is 10.8 Å². The number of hydrogen-bond donors (Lipinski definition) is 0. The van der Waals surface area contributed by atoms with Crippen molar-refractivity contribution in [3.8, 4) is 5.75 Å². The Labute approximate surface area is 166 Å². The van der Waals surface area contributed by atoms with Crippen molar-refractivity contribution in [1.82, 2.24) is 0 Å². The zero-order chi connectivity index (χ0) is 20.0. The average Bonchev–Trinajstić information content (AvgIpc) is 3.17. The van der Waals surface area contributed by atoms with Gasteiger partial charge in [-0.05, 0) is 40.8 Å². The van der Waals surface area contributed by atoms with E-state index in [9.17, 15) is 14.9 Å². The van der Waals surface area contributed by atoms with E-state index < -0.39 is 10.9 Å². The summed E-state index contributed by atoms with van der Waals surface area (Å²) in [6, 6.07) is 12.5. The van der Waals surface area contributed by atoms with Crippen LogP contribution in [-0.2, 0) is 35.5 Å². The van der Waals surface area contributed by atoms with Gasteiger partial charge in [0.15, 0.2) is 6.79 Å². The molecule has 1 aliphatic heterocycles. The van der Waals surface area contributed by atoms with Crippen LogP contribution in [0.3, 0.4) is 0 Å². The van der Waals surface area contributed by atoms with Gasteiger partial charge in [0.1, 0.15) is 12.4 Å². The first-order valence-electron chi connectivity index (χ1n) is 9.33. The Morgan fingerprint density at radius 1 is 1.10 bits per heavy atom. The number of non-ortho nitro benzene ring substituents is 1. The van der Waals surface area contributed by atoms with Gasteiger partial charge in [0, 0.05) is 23.3 Å². The summed E-state index contributed by atoms with van der Waals surface area (Å²) in [4.78, 5) is 23.6. The summed E-state index contributed by atoms with van der Waals surface area (Å²) < 4.78 is 16.2. The van der Waals surface area contributed by atoms with Gasteiger partial charge in [-0.15, -0.1) is 0 Å². The quantitative estimate of drug-likeness (QED) is 0.378. The van der Waals surface area contributed by atoms with Crippen LogP contribution in [-0.4, -0.2) is 17.7 Å². The van der Waals surface area contributed by atoms with Crippen LogP contribution in [0, 0.1) is 10.1 Å². The fourth-order valence-corrected chi connectivity index (χ4v) is 4.14. The Kier molecular flexibility index (Phi) is 4.17. The first-order chi connectivity index (χ1) is 14.1. The molecule has 0 spiro atoms. The Hall–Kier alpha value is -3.45. The lowest BCUT2D eigenvalue weighted by Gasteiger charge is -2.20. The average molecular weight is 391 g/mol. The Morgan fingerprint density at radius 3 is 2.76 bits per heavy atom. The van der Waals surface area contributed by atoms with Crippen LogP contribution in [0.15, 0.2) is 42.5 Å². The molecule has 0 amide bonds. The Balaban J connectivity index is 1.46. The molecule has 0 radical (unpaired) electrons. The molecule has 1 heterocycles. The van der Waals surface area contributed by atoms with E-state index in [1.165, 1.54) is 23.3 Å². The summed E-state index contributed by atoms with van der Waals surface area (Å²) in [5, 5.41) is 13.2. The predicted octanol–water partition coefficient (Wildman–Crippen LogP) is 4.07. The first kappa shape index (κ1) is 17.6. The third-order valence-electron chi connectivity index (χ3n) is 5.44. The number of nitro groups is 1. The molecule has 0 unspecified atom stereocenters. The van der Waals surface area contributed by atoms with E-state index in [2.05, 4.69) is 6.07 Å². The highest BCUT2D eigenvalue weighted by Crippen LogP contribution is 2.35. The SMILES string of the molecule is O=C(OCc1cc([N+](=O)[O-])cc2c1OCOC2)c1ccc2c3c(cccc13)CC2. The molecule has 0 aromatic heterocycles. The fourth-order valence-electron chi connectivity index (χ4n) is 4.14. The second-order valence-corrected chi connectivity index (χ2v) is 7.15. The molecule has 7 heteroatoms. The molecule has 29 heavy (non-hydrogen) atoms. The van der Waals surface area contributed by atoms with Gasteiger partial charge in [-0.3, -0.25) is 10.1 Å². The molecule has 146 valence electrons. The summed E-state index contributed by atoms with van der Waals surface area (Å²) in [6.45, 7) is 0.152. The van der Waals surface area contributed by atoms with Crippen molar-refractivity contribution in [2.45, 2.75) is 26.1 Å². The molecule has 5 rings (SSSR count). The van der Waals surface area contributed by atoms with E-state index in [0.29, 0.717) is 22.4 Å². The minimum Gasteiger partial charge on any atom is -0.467 e. The molecule has 2 aliphatic rings. The maximum atomic E-state index is 12.8. The fraction of sp³-hybridized carbons (Fsp3) is 0.227. The van der Waals surface area contributed by atoms with E-state index in [4.69, 9.17) is 14.2 Å². The highest BCUT2D eigenvalue weighted by Gasteiger charge is 2.23. The topological polar surface area (TPSA) is 87.9 Å². The van der Waals surface area contributed by atoms with E-state index >= 15 is 0 Å². The predicted molar refractivity (Wildman–Crippen MR) is 104 cm³/mol. The Bertz CT molecular complexity index is 1160. The van der Waals surface area contributed by atoms with E-state index in [1.807, 2.05) is 18.2 Å². The number of fused-ring (bicyclic) bond motifs is 1. The molecule has 0 saturated carbocycles. The molecule has 7 nitrogen and oxygen atoms in total. The van der Waals surface area contributed by atoms with E-state index in [-0.39, 0.29) is 25.7 Å². The molecular weight excluding hydrogens is 374 g/mol. The summed E-state index contributed by atoms with van der Waals surface area (Å²) in [5.41, 5.74) is 3.92. The maximum absolute atomic E-state index is 12.8.